The standard InChI is InChI=1S/C23H23N5O4/c1-14-16(13-25-27-14)12-24-20(29)11-18(15-6-8-17(32-2)9-7-15)21-22(30)26-19-5-3-4-10-28(19)23(21)31/h3-10,13,18,30H,11-12H2,1-2H3,(H,24,29)(H,25,27). The Hall–Kier alpha value is -4.14. The predicted octanol–water partition coefficient (Wildman–Crippen LogP) is 2.28. The van der Waals surface area contributed by atoms with Crippen LogP contribution in [-0.2, 0) is 11.3 Å². The Labute approximate surface area is 183 Å². The minimum absolute atomic E-state index is 0.0490. The highest BCUT2D eigenvalue weighted by molar-refractivity contribution is 5.77. The average Bonchev–Trinajstić information content (AvgIpc) is 3.21. The number of aromatic amines is 1. The third-order valence-electron chi connectivity index (χ3n) is 5.42. The topological polar surface area (TPSA) is 122 Å². The predicted molar refractivity (Wildman–Crippen MR) is 118 cm³/mol. The van der Waals surface area contributed by atoms with Gasteiger partial charge < -0.3 is 15.2 Å². The molecule has 0 aliphatic rings. The normalized spacial score (nSPS) is 11.9. The number of aryl methyl sites for hydroxylation is 1. The molecule has 32 heavy (non-hydrogen) atoms. The number of nitrogens with zero attached hydrogens (tertiary/aromatic N) is 3. The molecule has 0 spiro atoms. The maximum Gasteiger partial charge on any atom is 0.265 e. The summed E-state index contributed by atoms with van der Waals surface area (Å²) in [6.07, 6.45) is 3.19. The van der Waals surface area contributed by atoms with Crippen LogP contribution in [0.2, 0.25) is 0 Å². The summed E-state index contributed by atoms with van der Waals surface area (Å²) < 4.78 is 6.58. The molecule has 3 heterocycles. The van der Waals surface area contributed by atoms with Crippen molar-refractivity contribution in [3.05, 3.63) is 87.6 Å². The lowest BCUT2D eigenvalue weighted by Gasteiger charge is -2.19. The van der Waals surface area contributed by atoms with Crippen molar-refractivity contribution in [2.75, 3.05) is 7.11 Å². The van der Waals surface area contributed by atoms with Crippen LogP contribution in [0, 0.1) is 6.92 Å². The molecule has 1 atom stereocenters. The molecule has 1 amide bonds. The first kappa shape index (κ1) is 21.1. The van der Waals surface area contributed by atoms with E-state index in [1.165, 1.54) is 4.40 Å². The lowest BCUT2D eigenvalue weighted by molar-refractivity contribution is -0.121. The van der Waals surface area contributed by atoms with E-state index in [1.807, 2.05) is 6.92 Å². The number of carbonyl (C=O) groups is 1. The van der Waals surface area contributed by atoms with Gasteiger partial charge in [0.25, 0.3) is 5.56 Å². The van der Waals surface area contributed by atoms with Gasteiger partial charge in [0, 0.05) is 36.3 Å². The molecular formula is C23H23N5O4. The molecule has 0 radical (unpaired) electrons. The van der Waals surface area contributed by atoms with Crippen LogP contribution in [0.15, 0.2) is 59.7 Å². The number of pyridine rings is 1. The van der Waals surface area contributed by atoms with Gasteiger partial charge in [-0.1, -0.05) is 18.2 Å². The zero-order valence-corrected chi connectivity index (χ0v) is 17.7. The van der Waals surface area contributed by atoms with Crippen LogP contribution < -0.4 is 15.6 Å². The Morgan fingerprint density at radius 3 is 2.72 bits per heavy atom. The zero-order chi connectivity index (χ0) is 22.7. The largest absolute Gasteiger partial charge is 0.497 e. The number of carbonyl (C=O) groups excluding carboxylic acids is 1. The minimum Gasteiger partial charge on any atom is -0.497 e. The van der Waals surface area contributed by atoms with E-state index < -0.39 is 11.5 Å². The average molecular weight is 433 g/mol. The summed E-state index contributed by atoms with van der Waals surface area (Å²) in [5.74, 6) is -0.725. The summed E-state index contributed by atoms with van der Waals surface area (Å²) >= 11 is 0. The number of hydrogen-bond acceptors (Lipinski definition) is 6. The van der Waals surface area contributed by atoms with Gasteiger partial charge in [-0.05, 0) is 36.8 Å². The fraction of sp³-hybridized carbons (Fsp3) is 0.217. The molecule has 0 fully saturated rings. The summed E-state index contributed by atoms with van der Waals surface area (Å²) in [6, 6.07) is 12.1. The van der Waals surface area contributed by atoms with Gasteiger partial charge in [-0.15, -0.1) is 0 Å². The molecule has 9 nitrogen and oxygen atoms in total. The van der Waals surface area contributed by atoms with Gasteiger partial charge in [-0.25, -0.2) is 0 Å². The summed E-state index contributed by atoms with van der Waals surface area (Å²) in [5, 5.41) is 20.3. The lowest BCUT2D eigenvalue weighted by atomic mass is 9.89. The van der Waals surface area contributed by atoms with E-state index in [9.17, 15) is 14.7 Å². The van der Waals surface area contributed by atoms with E-state index in [0.717, 1.165) is 11.3 Å². The SMILES string of the molecule is COc1ccc(C(CC(=O)NCc2cn[nH]c2C)c2c(O)nc3ccccn3c2=O)cc1. The molecule has 9 heteroatoms. The van der Waals surface area contributed by atoms with E-state index >= 15 is 0 Å². The second kappa shape index (κ2) is 8.93. The van der Waals surface area contributed by atoms with Gasteiger partial charge in [0.15, 0.2) is 0 Å². The van der Waals surface area contributed by atoms with Crippen LogP contribution in [0.25, 0.3) is 5.65 Å². The molecular weight excluding hydrogens is 410 g/mol. The second-order valence-corrected chi connectivity index (χ2v) is 7.41. The van der Waals surface area contributed by atoms with Gasteiger partial charge in [0.05, 0.1) is 18.9 Å². The highest BCUT2D eigenvalue weighted by Gasteiger charge is 2.26. The third kappa shape index (κ3) is 4.18. The van der Waals surface area contributed by atoms with E-state index in [4.69, 9.17) is 4.74 Å². The number of fused-ring (bicyclic) bond motifs is 1. The maximum absolute atomic E-state index is 13.3. The zero-order valence-electron chi connectivity index (χ0n) is 17.7. The number of methoxy groups -OCH3 is 1. The molecule has 0 aliphatic carbocycles. The van der Waals surface area contributed by atoms with Crippen LogP contribution >= 0.6 is 0 Å². The van der Waals surface area contributed by atoms with Crippen LogP contribution in [-0.4, -0.2) is 37.7 Å². The molecule has 1 aromatic carbocycles. The molecule has 4 rings (SSSR count). The Balaban J connectivity index is 1.71. The summed E-state index contributed by atoms with van der Waals surface area (Å²) in [5.41, 5.74) is 2.39. The first-order valence-electron chi connectivity index (χ1n) is 10.1. The Morgan fingerprint density at radius 1 is 1.25 bits per heavy atom. The monoisotopic (exact) mass is 433 g/mol. The summed E-state index contributed by atoms with van der Waals surface area (Å²) in [7, 11) is 1.56. The van der Waals surface area contributed by atoms with E-state index in [1.54, 1.807) is 62.0 Å². The highest BCUT2D eigenvalue weighted by Crippen LogP contribution is 2.32. The minimum atomic E-state index is -0.705. The van der Waals surface area contributed by atoms with Crippen molar-refractivity contribution in [2.24, 2.45) is 0 Å². The molecule has 4 aromatic rings. The molecule has 0 saturated heterocycles. The molecule has 164 valence electrons. The number of H-pyrrole nitrogens is 1. The molecule has 3 aromatic heterocycles. The van der Waals surface area contributed by atoms with Gasteiger partial charge >= 0.3 is 0 Å². The Kier molecular flexibility index (Phi) is 5.89. The number of amides is 1. The fourth-order valence-electron chi connectivity index (χ4n) is 3.62. The van der Waals surface area contributed by atoms with Crippen molar-refractivity contribution >= 4 is 11.6 Å². The quantitative estimate of drug-likeness (QED) is 0.411. The van der Waals surface area contributed by atoms with E-state index in [0.29, 0.717) is 23.5 Å². The number of hydrogen-bond donors (Lipinski definition) is 3. The summed E-state index contributed by atoms with van der Waals surface area (Å²) in [6.45, 7) is 2.17. The van der Waals surface area contributed by atoms with Crippen molar-refractivity contribution < 1.29 is 14.6 Å². The smallest absolute Gasteiger partial charge is 0.265 e. The molecule has 1 unspecified atom stereocenters. The lowest BCUT2D eigenvalue weighted by Crippen LogP contribution is -2.28. The number of ether oxygens (including phenoxy) is 1. The van der Waals surface area contributed by atoms with Crippen LogP contribution in [0.5, 0.6) is 11.6 Å². The Morgan fingerprint density at radius 2 is 2.03 bits per heavy atom. The van der Waals surface area contributed by atoms with Crippen molar-refractivity contribution in [3.8, 4) is 11.6 Å². The van der Waals surface area contributed by atoms with Crippen molar-refractivity contribution in [1.29, 1.82) is 0 Å². The van der Waals surface area contributed by atoms with Crippen LogP contribution in [0.3, 0.4) is 0 Å². The molecule has 0 aliphatic heterocycles. The number of aromatic hydroxyl groups is 1. The van der Waals surface area contributed by atoms with Crippen LogP contribution in [0.4, 0.5) is 0 Å². The highest BCUT2D eigenvalue weighted by atomic mass is 16.5. The molecule has 0 saturated carbocycles. The Bertz CT molecular complexity index is 1310. The fourth-order valence-corrected chi connectivity index (χ4v) is 3.62. The summed E-state index contributed by atoms with van der Waals surface area (Å²) in [4.78, 5) is 30.3. The second-order valence-electron chi connectivity index (χ2n) is 7.41. The third-order valence-corrected chi connectivity index (χ3v) is 5.42. The number of benzene rings is 1. The first-order chi connectivity index (χ1) is 15.5. The van der Waals surface area contributed by atoms with Crippen molar-refractivity contribution in [2.45, 2.75) is 25.8 Å². The molecule has 3 N–H and O–H groups in total. The number of aromatic nitrogens is 4. The van der Waals surface area contributed by atoms with E-state index in [2.05, 4.69) is 20.5 Å². The number of nitrogens with one attached hydrogen (secondary N) is 2. The molecule has 0 bridgehead atoms. The van der Waals surface area contributed by atoms with Gasteiger partial charge in [-0.2, -0.15) is 10.1 Å². The first-order valence-corrected chi connectivity index (χ1v) is 10.1. The van der Waals surface area contributed by atoms with Gasteiger partial charge in [0.1, 0.15) is 11.4 Å². The van der Waals surface area contributed by atoms with E-state index in [-0.39, 0.29) is 23.8 Å². The van der Waals surface area contributed by atoms with Crippen molar-refractivity contribution in [3.63, 3.8) is 0 Å². The maximum atomic E-state index is 13.3. The number of rotatable bonds is 7. The van der Waals surface area contributed by atoms with Gasteiger partial charge in [-0.3, -0.25) is 19.1 Å². The van der Waals surface area contributed by atoms with Crippen LogP contribution in [0.1, 0.15) is 34.7 Å². The van der Waals surface area contributed by atoms with Crippen molar-refractivity contribution in [1.82, 2.24) is 24.9 Å². The van der Waals surface area contributed by atoms with Gasteiger partial charge in [0.2, 0.25) is 11.8 Å².